The fraction of sp³-hybridized carbons (Fsp3) is 0.278. The lowest BCUT2D eigenvalue weighted by Crippen LogP contribution is -2.35. The van der Waals surface area contributed by atoms with Gasteiger partial charge in [0.25, 0.3) is 0 Å². The van der Waals surface area contributed by atoms with E-state index in [0.29, 0.717) is 0 Å². The molecule has 1 aromatic carbocycles. The highest BCUT2D eigenvalue weighted by Gasteiger charge is 2.16. The average molecular weight is 345 g/mol. The zero-order valence-corrected chi connectivity index (χ0v) is 14.8. The largest absolute Gasteiger partial charge is 0.378 e. The lowest BCUT2D eigenvalue weighted by Gasteiger charge is -2.30. The van der Waals surface area contributed by atoms with E-state index in [0.717, 1.165) is 37.0 Å². The van der Waals surface area contributed by atoms with Crippen LogP contribution < -0.4 is 5.32 Å². The molecule has 1 saturated heterocycles. The SMILES string of the molecule is Cc1ccc(NC(=S)/C=C(/c2cccs2)N2CCOCC2)cc1. The van der Waals surface area contributed by atoms with E-state index in [1.807, 2.05) is 0 Å². The highest BCUT2D eigenvalue weighted by Crippen LogP contribution is 2.25. The molecule has 2 heterocycles. The van der Waals surface area contributed by atoms with Crippen molar-refractivity contribution in [1.82, 2.24) is 4.90 Å². The van der Waals surface area contributed by atoms with Gasteiger partial charge >= 0.3 is 0 Å². The first-order valence-corrected chi connectivity index (χ1v) is 8.97. The molecule has 0 aliphatic carbocycles. The van der Waals surface area contributed by atoms with Crippen molar-refractivity contribution in [3.05, 3.63) is 58.3 Å². The zero-order chi connectivity index (χ0) is 16.1. The molecule has 0 bridgehead atoms. The first kappa shape index (κ1) is 16.2. The molecule has 0 radical (unpaired) electrons. The van der Waals surface area contributed by atoms with E-state index in [1.165, 1.54) is 16.1 Å². The van der Waals surface area contributed by atoms with Crippen LogP contribution in [0.25, 0.3) is 5.70 Å². The standard InChI is InChI=1S/C18H20N2OS2/c1-14-4-6-15(7-5-14)19-18(22)13-16(17-3-2-12-23-17)20-8-10-21-11-9-20/h2-7,12-13H,8-11H2,1H3,(H,19,22)/b16-13-. The second-order valence-electron chi connectivity index (χ2n) is 5.46. The average Bonchev–Trinajstić information content (AvgIpc) is 3.10. The maximum Gasteiger partial charge on any atom is 0.105 e. The number of nitrogens with zero attached hydrogens (tertiary/aromatic N) is 1. The molecular weight excluding hydrogens is 324 g/mol. The molecule has 0 atom stereocenters. The Morgan fingerprint density at radius 1 is 1.22 bits per heavy atom. The van der Waals surface area contributed by atoms with Gasteiger partial charge in [-0.1, -0.05) is 36.0 Å². The lowest BCUT2D eigenvalue weighted by atomic mass is 10.2. The van der Waals surface area contributed by atoms with Gasteiger partial charge in [0.15, 0.2) is 0 Å². The fourth-order valence-electron chi connectivity index (χ4n) is 2.49. The molecular formula is C18H20N2OS2. The molecule has 0 unspecified atom stereocenters. The van der Waals surface area contributed by atoms with Crippen LogP contribution >= 0.6 is 23.6 Å². The summed E-state index contributed by atoms with van der Waals surface area (Å²) in [6.45, 7) is 5.41. The van der Waals surface area contributed by atoms with Gasteiger partial charge in [0, 0.05) is 18.8 Å². The van der Waals surface area contributed by atoms with Crippen LogP contribution in [0.2, 0.25) is 0 Å². The Morgan fingerprint density at radius 2 is 1.96 bits per heavy atom. The van der Waals surface area contributed by atoms with Crippen molar-refractivity contribution >= 4 is 39.9 Å². The van der Waals surface area contributed by atoms with Gasteiger partial charge in [-0.25, -0.2) is 0 Å². The molecule has 1 N–H and O–H groups in total. The van der Waals surface area contributed by atoms with E-state index in [-0.39, 0.29) is 0 Å². The van der Waals surface area contributed by atoms with Crippen molar-refractivity contribution in [3.8, 4) is 0 Å². The number of benzene rings is 1. The third-order valence-electron chi connectivity index (χ3n) is 3.71. The van der Waals surface area contributed by atoms with E-state index in [4.69, 9.17) is 17.0 Å². The number of hydrogen-bond acceptors (Lipinski definition) is 4. The minimum Gasteiger partial charge on any atom is -0.378 e. The summed E-state index contributed by atoms with van der Waals surface area (Å²) in [6, 6.07) is 12.5. The van der Waals surface area contributed by atoms with Crippen LogP contribution in [0.5, 0.6) is 0 Å². The Morgan fingerprint density at radius 3 is 2.61 bits per heavy atom. The number of nitrogens with one attached hydrogen (secondary N) is 1. The minimum absolute atomic E-state index is 0.726. The summed E-state index contributed by atoms with van der Waals surface area (Å²) in [5.74, 6) is 0. The van der Waals surface area contributed by atoms with Crippen molar-refractivity contribution in [3.63, 3.8) is 0 Å². The molecule has 23 heavy (non-hydrogen) atoms. The Kier molecular flexibility index (Phi) is 5.43. The summed E-state index contributed by atoms with van der Waals surface area (Å²) >= 11 is 7.28. The van der Waals surface area contributed by atoms with E-state index in [2.05, 4.69) is 65.0 Å². The Labute approximate surface area is 146 Å². The molecule has 3 nitrogen and oxygen atoms in total. The van der Waals surface area contributed by atoms with E-state index in [9.17, 15) is 0 Å². The van der Waals surface area contributed by atoms with Crippen LogP contribution in [0.15, 0.2) is 47.9 Å². The van der Waals surface area contributed by atoms with Crippen LogP contribution in [0.1, 0.15) is 10.4 Å². The number of thiocarbonyl (C=S) groups is 1. The summed E-state index contributed by atoms with van der Waals surface area (Å²) < 4.78 is 5.47. The first-order valence-electron chi connectivity index (χ1n) is 7.68. The molecule has 1 aliphatic heterocycles. The van der Waals surface area contributed by atoms with Crippen LogP contribution in [-0.2, 0) is 4.74 Å². The normalized spacial score (nSPS) is 15.5. The van der Waals surface area contributed by atoms with Crippen molar-refractivity contribution in [2.45, 2.75) is 6.92 Å². The Hall–Kier alpha value is -1.69. The number of hydrogen-bond donors (Lipinski definition) is 1. The van der Waals surface area contributed by atoms with Crippen molar-refractivity contribution in [2.75, 3.05) is 31.6 Å². The summed E-state index contributed by atoms with van der Waals surface area (Å²) in [4.78, 5) is 4.31. The van der Waals surface area contributed by atoms with Crippen LogP contribution in [0.3, 0.4) is 0 Å². The maximum absolute atomic E-state index is 5.55. The fourth-order valence-corrected chi connectivity index (χ4v) is 3.49. The number of thiophene rings is 1. The van der Waals surface area contributed by atoms with E-state index >= 15 is 0 Å². The molecule has 1 aromatic heterocycles. The molecule has 1 aliphatic rings. The molecule has 3 rings (SSSR count). The van der Waals surface area contributed by atoms with Crippen LogP contribution in [0, 0.1) is 6.92 Å². The third-order valence-corrected chi connectivity index (χ3v) is 4.82. The topological polar surface area (TPSA) is 24.5 Å². The number of aryl methyl sites for hydroxylation is 1. The Bertz CT molecular complexity index is 672. The lowest BCUT2D eigenvalue weighted by molar-refractivity contribution is 0.0641. The van der Waals surface area contributed by atoms with Gasteiger partial charge in [-0.3, -0.25) is 0 Å². The van der Waals surface area contributed by atoms with Gasteiger partial charge in [0.05, 0.1) is 23.8 Å². The molecule has 2 aromatic rings. The molecule has 0 amide bonds. The van der Waals surface area contributed by atoms with Crippen molar-refractivity contribution < 1.29 is 4.74 Å². The summed E-state index contributed by atoms with van der Waals surface area (Å²) in [6.07, 6.45) is 2.06. The van der Waals surface area contributed by atoms with Crippen molar-refractivity contribution in [1.29, 1.82) is 0 Å². The third kappa shape index (κ3) is 4.41. The zero-order valence-electron chi connectivity index (χ0n) is 13.1. The summed E-state index contributed by atoms with van der Waals surface area (Å²) in [5, 5.41) is 5.40. The Balaban J connectivity index is 1.79. The van der Waals surface area contributed by atoms with E-state index in [1.54, 1.807) is 11.3 Å². The van der Waals surface area contributed by atoms with Gasteiger partial charge in [-0.15, -0.1) is 11.3 Å². The highest BCUT2D eigenvalue weighted by molar-refractivity contribution is 7.81. The van der Waals surface area contributed by atoms with Crippen LogP contribution in [0.4, 0.5) is 5.69 Å². The van der Waals surface area contributed by atoms with E-state index < -0.39 is 0 Å². The number of ether oxygens (including phenoxy) is 1. The van der Waals surface area contributed by atoms with Gasteiger partial charge in [0.2, 0.25) is 0 Å². The second kappa shape index (κ2) is 7.73. The van der Waals surface area contributed by atoms with Gasteiger partial charge in [-0.2, -0.15) is 0 Å². The molecule has 0 spiro atoms. The molecule has 0 saturated carbocycles. The smallest absolute Gasteiger partial charge is 0.105 e. The molecule has 1 fully saturated rings. The monoisotopic (exact) mass is 344 g/mol. The quantitative estimate of drug-likeness (QED) is 0.665. The number of rotatable bonds is 4. The van der Waals surface area contributed by atoms with Gasteiger partial charge in [0.1, 0.15) is 4.99 Å². The van der Waals surface area contributed by atoms with Gasteiger partial charge < -0.3 is 15.0 Å². The van der Waals surface area contributed by atoms with Crippen LogP contribution in [-0.4, -0.2) is 36.2 Å². The summed E-state index contributed by atoms with van der Waals surface area (Å²) in [5.41, 5.74) is 3.43. The number of morpholine rings is 1. The first-order chi connectivity index (χ1) is 11.2. The predicted octanol–water partition coefficient (Wildman–Crippen LogP) is 4.17. The number of anilines is 1. The molecule has 5 heteroatoms. The van der Waals surface area contributed by atoms with Crippen molar-refractivity contribution in [2.24, 2.45) is 0 Å². The highest BCUT2D eigenvalue weighted by atomic mass is 32.1. The van der Waals surface area contributed by atoms with Gasteiger partial charge in [-0.05, 0) is 36.6 Å². The maximum atomic E-state index is 5.55. The predicted molar refractivity (Wildman–Crippen MR) is 102 cm³/mol. The minimum atomic E-state index is 0.726. The summed E-state index contributed by atoms with van der Waals surface area (Å²) in [7, 11) is 0. The molecule has 120 valence electrons. The second-order valence-corrected chi connectivity index (χ2v) is 6.85.